The molecule has 1 aromatic carbocycles. The summed E-state index contributed by atoms with van der Waals surface area (Å²) in [5.41, 5.74) is 0.501. The maximum Gasteiger partial charge on any atom is 0.232 e. The summed E-state index contributed by atoms with van der Waals surface area (Å²) in [6.45, 7) is 0. The molecule has 0 spiro atoms. The molecule has 1 N–H and O–H groups in total. The fraction of sp³-hybridized carbons (Fsp3) is 0.200. The summed E-state index contributed by atoms with van der Waals surface area (Å²) in [7, 11) is 1.66. The molecule has 0 unspecified atom stereocenters. The number of anilines is 1. The molecule has 2 aromatic rings. The molecule has 0 saturated heterocycles. The topological polar surface area (TPSA) is 72.7 Å². The Morgan fingerprint density at radius 2 is 2.22 bits per heavy atom. The number of rotatable bonds is 3. The fourth-order valence-corrected chi connectivity index (χ4v) is 1.78. The lowest BCUT2D eigenvalue weighted by Gasteiger charge is -2.06. The number of tetrazole rings is 1. The van der Waals surface area contributed by atoms with Gasteiger partial charge in [-0.15, -0.1) is 5.10 Å². The van der Waals surface area contributed by atoms with Crippen molar-refractivity contribution in [2.24, 2.45) is 7.05 Å². The predicted octanol–water partition coefficient (Wildman–Crippen LogP) is 1.70. The lowest BCUT2D eigenvalue weighted by atomic mass is 10.3. The van der Waals surface area contributed by atoms with Crippen LogP contribution in [-0.2, 0) is 18.3 Å². The van der Waals surface area contributed by atoms with E-state index >= 15 is 0 Å². The molecular formula is C10H9Cl2N5O. The molecule has 0 fully saturated rings. The smallest absolute Gasteiger partial charge is 0.232 e. The first-order valence-corrected chi connectivity index (χ1v) is 5.78. The average molecular weight is 286 g/mol. The molecule has 0 aliphatic rings. The largest absolute Gasteiger partial charge is 0.324 e. The minimum Gasteiger partial charge on any atom is -0.324 e. The molecule has 0 atom stereocenters. The summed E-state index contributed by atoms with van der Waals surface area (Å²) in [4.78, 5) is 11.8. The van der Waals surface area contributed by atoms with Gasteiger partial charge in [0.25, 0.3) is 0 Å². The first kappa shape index (κ1) is 12.8. The van der Waals surface area contributed by atoms with Gasteiger partial charge in [-0.05, 0) is 28.6 Å². The Labute approximate surface area is 113 Å². The van der Waals surface area contributed by atoms with Gasteiger partial charge in [0, 0.05) is 12.1 Å². The lowest BCUT2D eigenvalue weighted by molar-refractivity contribution is -0.115. The van der Waals surface area contributed by atoms with Crippen LogP contribution >= 0.6 is 23.2 Å². The van der Waals surface area contributed by atoms with Crippen LogP contribution in [0.1, 0.15) is 5.82 Å². The number of aryl methyl sites for hydroxylation is 1. The van der Waals surface area contributed by atoms with Gasteiger partial charge in [0.1, 0.15) is 0 Å². The third-order valence-corrected chi connectivity index (χ3v) is 2.78. The van der Waals surface area contributed by atoms with Crippen LogP contribution in [0, 0.1) is 0 Å². The number of carbonyl (C=O) groups is 1. The standard InChI is InChI=1S/C10H9Cl2N5O/c1-17-9(14-15-16-17)5-10(18)13-8-3-2-6(11)4-7(8)12/h2-4H,5H2,1H3,(H,13,18). The number of benzene rings is 1. The molecule has 8 heteroatoms. The molecular weight excluding hydrogens is 277 g/mol. The van der Waals surface area contributed by atoms with Crippen molar-refractivity contribution in [1.82, 2.24) is 20.2 Å². The highest BCUT2D eigenvalue weighted by molar-refractivity contribution is 6.36. The van der Waals surface area contributed by atoms with E-state index in [0.717, 1.165) is 0 Å². The summed E-state index contributed by atoms with van der Waals surface area (Å²) in [6.07, 6.45) is 0.0719. The Kier molecular flexibility index (Phi) is 3.78. The number of halogens is 2. The second kappa shape index (κ2) is 5.32. The molecule has 1 aromatic heterocycles. The number of carbonyl (C=O) groups excluding carboxylic acids is 1. The van der Waals surface area contributed by atoms with Crippen molar-refractivity contribution < 1.29 is 4.79 Å². The number of hydrogen-bond acceptors (Lipinski definition) is 4. The molecule has 0 bridgehead atoms. The van der Waals surface area contributed by atoms with E-state index < -0.39 is 0 Å². The van der Waals surface area contributed by atoms with Gasteiger partial charge in [-0.1, -0.05) is 23.2 Å². The lowest BCUT2D eigenvalue weighted by Crippen LogP contribution is -2.17. The molecule has 1 amide bonds. The summed E-state index contributed by atoms with van der Waals surface area (Å²) >= 11 is 11.7. The second-order valence-corrected chi connectivity index (χ2v) is 4.41. The fourth-order valence-electron chi connectivity index (χ4n) is 1.33. The van der Waals surface area contributed by atoms with Gasteiger partial charge in [0.05, 0.1) is 17.1 Å². The van der Waals surface area contributed by atoms with E-state index in [2.05, 4.69) is 20.8 Å². The third kappa shape index (κ3) is 2.96. The van der Waals surface area contributed by atoms with E-state index in [1.807, 2.05) is 0 Å². The molecule has 0 saturated carbocycles. The van der Waals surface area contributed by atoms with Gasteiger partial charge in [0.15, 0.2) is 5.82 Å². The normalized spacial score (nSPS) is 10.4. The van der Waals surface area contributed by atoms with Crippen LogP contribution in [0.3, 0.4) is 0 Å². The Morgan fingerprint density at radius 3 is 2.83 bits per heavy atom. The molecule has 1 heterocycles. The molecule has 0 aliphatic heterocycles. The minimum absolute atomic E-state index is 0.0719. The van der Waals surface area contributed by atoms with Crippen molar-refractivity contribution in [3.63, 3.8) is 0 Å². The number of amides is 1. The van der Waals surface area contributed by atoms with Crippen LogP contribution < -0.4 is 5.32 Å². The monoisotopic (exact) mass is 285 g/mol. The van der Waals surface area contributed by atoms with Crippen LogP contribution in [0.5, 0.6) is 0 Å². The van der Waals surface area contributed by atoms with Crippen molar-refractivity contribution in [3.8, 4) is 0 Å². The van der Waals surface area contributed by atoms with Gasteiger partial charge in [0.2, 0.25) is 5.91 Å². The second-order valence-electron chi connectivity index (χ2n) is 3.57. The number of nitrogens with zero attached hydrogens (tertiary/aromatic N) is 4. The van der Waals surface area contributed by atoms with Crippen molar-refractivity contribution in [2.75, 3.05) is 5.32 Å². The Morgan fingerprint density at radius 1 is 1.44 bits per heavy atom. The Hall–Kier alpha value is -1.66. The highest BCUT2D eigenvalue weighted by Gasteiger charge is 2.11. The third-order valence-electron chi connectivity index (χ3n) is 2.23. The van der Waals surface area contributed by atoms with Crippen LogP contribution in [0.2, 0.25) is 10.0 Å². The maximum absolute atomic E-state index is 11.8. The van der Waals surface area contributed by atoms with E-state index in [4.69, 9.17) is 23.2 Å². The summed E-state index contributed by atoms with van der Waals surface area (Å²) in [5.74, 6) is 0.217. The number of aromatic nitrogens is 4. The van der Waals surface area contributed by atoms with E-state index in [1.54, 1.807) is 25.2 Å². The summed E-state index contributed by atoms with van der Waals surface area (Å²) in [5, 5.41) is 14.4. The van der Waals surface area contributed by atoms with Crippen molar-refractivity contribution >= 4 is 34.8 Å². The highest BCUT2D eigenvalue weighted by Crippen LogP contribution is 2.25. The zero-order valence-corrected chi connectivity index (χ0v) is 10.9. The molecule has 0 radical (unpaired) electrons. The van der Waals surface area contributed by atoms with Crippen LogP contribution in [0.4, 0.5) is 5.69 Å². The zero-order valence-electron chi connectivity index (χ0n) is 9.39. The van der Waals surface area contributed by atoms with Crippen LogP contribution in [0.25, 0.3) is 0 Å². The Balaban J connectivity index is 2.05. The number of hydrogen-bond donors (Lipinski definition) is 1. The molecule has 94 valence electrons. The molecule has 2 rings (SSSR count). The van der Waals surface area contributed by atoms with Gasteiger partial charge in [-0.3, -0.25) is 4.79 Å². The number of nitrogens with one attached hydrogen (secondary N) is 1. The van der Waals surface area contributed by atoms with Crippen LogP contribution in [0.15, 0.2) is 18.2 Å². The quantitative estimate of drug-likeness (QED) is 0.932. The van der Waals surface area contributed by atoms with Gasteiger partial charge in [-0.25, -0.2) is 4.68 Å². The predicted molar refractivity (Wildman–Crippen MR) is 67.6 cm³/mol. The van der Waals surface area contributed by atoms with E-state index in [0.29, 0.717) is 21.6 Å². The highest BCUT2D eigenvalue weighted by atomic mass is 35.5. The molecule has 18 heavy (non-hydrogen) atoms. The maximum atomic E-state index is 11.8. The van der Waals surface area contributed by atoms with Gasteiger partial charge >= 0.3 is 0 Å². The van der Waals surface area contributed by atoms with Crippen LogP contribution in [-0.4, -0.2) is 26.1 Å². The summed E-state index contributed by atoms with van der Waals surface area (Å²) < 4.78 is 1.43. The van der Waals surface area contributed by atoms with E-state index in [9.17, 15) is 4.79 Å². The van der Waals surface area contributed by atoms with E-state index in [-0.39, 0.29) is 12.3 Å². The van der Waals surface area contributed by atoms with Gasteiger partial charge in [-0.2, -0.15) is 0 Å². The summed E-state index contributed by atoms with van der Waals surface area (Å²) in [6, 6.07) is 4.84. The minimum atomic E-state index is -0.253. The first-order chi connectivity index (χ1) is 8.56. The zero-order chi connectivity index (χ0) is 13.1. The molecule has 6 nitrogen and oxygen atoms in total. The SMILES string of the molecule is Cn1nnnc1CC(=O)Nc1ccc(Cl)cc1Cl. The average Bonchev–Trinajstić information content (AvgIpc) is 2.69. The first-order valence-electron chi connectivity index (χ1n) is 5.02. The van der Waals surface area contributed by atoms with Crippen molar-refractivity contribution in [2.45, 2.75) is 6.42 Å². The van der Waals surface area contributed by atoms with Crippen molar-refractivity contribution in [1.29, 1.82) is 0 Å². The van der Waals surface area contributed by atoms with Gasteiger partial charge < -0.3 is 5.32 Å². The Bertz CT molecular complexity index is 583. The molecule has 0 aliphatic carbocycles. The van der Waals surface area contributed by atoms with E-state index in [1.165, 1.54) is 4.68 Å². The van der Waals surface area contributed by atoms with Crippen molar-refractivity contribution in [3.05, 3.63) is 34.1 Å².